The molecule has 66 valence electrons. The molecule has 0 bridgehead atoms. The summed E-state index contributed by atoms with van der Waals surface area (Å²) in [7, 11) is 0. The smallest absolute Gasteiger partial charge is 0.143 e. The van der Waals surface area contributed by atoms with E-state index in [1.165, 1.54) is 0 Å². The summed E-state index contributed by atoms with van der Waals surface area (Å²) >= 11 is 5.88. The normalized spacial score (nSPS) is 10.3. The van der Waals surface area contributed by atoms with Crippen molar-refractivity contribution >= 4 is 11.6 Å². The Bertz CT molecular complexity index is 410. The van der Waals surface area contributed by atoms with E-state index in [4.69, 9.17) is 11.6 Å². The minimum absolute atomic E-state index is 0.747. The van der Waals surface area contributed by atoms with Gasteiger partial charge < -0.3 is 0 Å². The number of aryl methyl sites for hydroxylation is 1. The van der Waals surface area contributed by atoms with E-state index in [-0.39, 0.29) is 0 Å². The van der Waals surface area contributed by atoms with Gasteiger partial charge in [0, 0.05) is 5.02 Å². The molecule has 0 radical (unpaired) electrons. The van der Waals surface area contributed by atoms with Crippen molar-refractivity contribution in [3.8, 4) is 5.69 Å². The molecule has 1 aromatic heterocycles. The fourth-order valence-corrected chi connectivity index (χ4v) is 1.17. The zero-order chi connectivity index (χ0) is 9.26. The summed E-state index contributed by atoms with van der Waals surface area (Å²) < 4.78 is 1.59. The van der Waals surface area contributed by atoms with Crippen molar-refractivity contribution in [1.82, 2.24) is 20.2 Å². The molecule has 2 aromatic rings. The highest BCUT2D eigenvalue weighted by molar-refractivity contribution is 6.31. The zero-order valence-electron chi connectivity index (χ0n) is 6.98. The van der Waals surface area contributed by atoms with Crippen LogP contribution in [0.5, 0.6) is 0 Å². The molecule has 0 aliphatic carbocycles. The zero-order valence-corrected chi connectivity index (χ0v) is 7.73. The summed E-state index contributed by atoms with van der Waals surface area (Å²) in [6, 6.07) is 5.62. The number of aromatic nitrogens is 4. The predicted octanol–water partition coefficient (Wildman–Crippen LogP) is 1.62. The third-order valence-electron chi connectivity index (χ3n) is 1.76. The van der Waals surface area contributed by atoms with Gasteiger partial charge in [-0.25, -0.2) is 4.68 Å². The molecule has 0 unspecified atom stereocenters. The maximum absolute atomic E-state index is 5.88. The number of hydrogen-bond donors (Lipinski definition) is 0. The van der Waals surface area contributed by atoms with Crippen LogP contribution in [0.3, 0.4) is 0 Å². The summed E-state index contributed by atoms with van der Waals surface area (Å²) in [6.45, 7) is 1.94. The maximum Gasteiger partial charge on any atom is 0.143 e. The van der Waals surface area contributed by atoms with Crippen LogP contribution in [0.1, 0.15) is 5.56 Å². The molecule has 1 aromatic carbocycles. The number of benzene rings is 1. The van der Waals surface area contributed by atoms with Crippen LogP contribution < -0.4 is 0 Å². The average molecular weight is 195 g/mol. The van der Waals surface area contributed by atoms with Gasteiger partial charge in [0.25, 0.3) is 0 Å². The lowest BCUT2D eigenvalue weighted by atomic mass is 10.2. The monoisotopic (exact) mass is 194 g/mol. The molecule has 0 saturated carbocycles. The van der Waals surface area contributed by atoms with Gasteiger partial charge in [0.15, 0.2) is 0 Å². The van der Waals surface area contributed by atoms with Gasteiger partial charge in [0.2, 0.25) is 0 Å². The molecule has 5 heteroatoms. The summed E-state index contributed by atoms with van der Waals surface area (Å²) in [6.07, 6.45) is 1.54. The number of tetrazole rings is 1. The van der Waals surface area contributed by atoms with Crippen molar-refractivity contribution in [3.63, 3.8) is 0 Å². The molecule has 0 aliphatic rings. The summed E-state index contributed by atoms with van der Waals surface area (Å²) in [5, 5.41) is 11.6. The molecular weight excluding hydrogens is 188 g/mol. The molecule has 0 amide bonds. The number of halogens is 1. The van der Waals surface area contributed by atoms with Crippen molar-refractivity contribution in [2.24, 2.45) is 0 Å². The Balaban J connectivity index is 2.49. The SMILES string of the molecule is Cc1cc(-n2cnnn2)ccc1Cl. The van der Waals surface area contributed by atoms with Gasteiger partial charge in [-0.05, 0) is 41.1 Å². The number of hydrogen-bond acceptors (Lipinski definition) is 3. The molecule has 0 fully saturated rings. The van der Waals surface area contributed by atoms with Crippen molar-refractivity contribution in [2.75, 3.05) is 0 Å². The van der Waals surface area contributed by atoms with Crippen molar-refractivity contribution < 1.29 is 0 Å². The van der Waals surface area contributed by atoms with Crippen LogP contribution in [0.15, 0.2) is 24.5 Å². The van der Waals surface area contributed by atoms with Gasteiger partial charge in [-0.1, -0.05) is 11.6 Å². The van der Waals surface area contributed by atoms with Crippen LogP contribution in [-0.4, -0.2) is 20.2 Å². The van der Waals surface area contributed by atoms with Gasteiger partial charge in [-0.3, -0.25) is 0 Å². The third kappa shape index (κ3) is 1.53. The van der Waals surface area contributed by atoms with E-state index in [0.29, 0.717) is 0 Å². The van der Waals surface area contributed by atoms with E-state index in [9.17, 15) is 0 Å². The second-order valence-electron chi connectivity index (χ2n) is 2.69. The molecule has 2 rings (SSSR count). The van der Waals surface area contributed by atoms with Gasteiger partial charge in [-0.2, -0.15) is 0 Å². The summed E-state index contributed by atoms with van der Waals surface area (Å²) in [4.78, 5) is 0. The lowest BCUT2D eigenvalue weighted by Gasteiger charge is -2.01. The first-order valence-corrected chi connectivity index (χ1v) is 4.14. The minimum atomic E-state index is 0.747. The molecule has 13 heavy (non-hydrogen) atoms. The molecule has 0 spiro atoms. The summed E-state index contributed by atoms with van der Waals surface area (Å²) in [5.41, 5.74) is 1.92. The standard InChI is InChI=1S/C8H7ClN4/c1-6-4-7(2-3-8(6)9)13-5-10-11-12-13/h2-5H,1H3. The second kappa shape index (κ2) is 3.14. The molecule has 0 saturated heterocycles. The van der Waals surface area contributed by atoms with Gasteiger partial charge in [0.1, 0.15) is 6.33 Å². The highest BCUT2D eigenvalue weighted by Crippen LogP contribution is 2.17. The molecule has 4 nitrogen and oxygen atoms in total. The lowest BCUT2D eigenvalue weighted by molar-refractivity contribution is 0.788. The van der Waals surface area contributed by atoms with E-state index < -0.39 is 0 Å². The first-order valence-electron chi connectivity index (χ1n) is 3.77. The van der Waals surface area contributed by atoms with E-state index in [1.807, 2.05) is 25.1 Å². The van der Waals surface area contributed by atoms with Crippen LogP contribution in [-0.2, 0) is 0 Å². The Morgan fingerprint density at radius 3 is 2.85 bits per heavy atom. The third-order valence-corrected chi connectivity index (χ3v) is 2.18. The van der Waals surface area contributed by atoms with Crippen LogP contribution in [0.2, 0.25) is 5.02 Å². The molecule has 0 aliphatic heterocycles. The molecule has 0 atom stereocenters. The van der Waals surface area contributed by atoms with E-state index in [0.717, 1.165) is 16.3 Å². The Labute approximate surface area is 80.1 Å². The summed E-state index contributed by atoms with van der Waals surface area (Å²) in [5.74, 6) is 0. The topological polar surface area (TPSA) is 43.6 Å². The van der Waals surface area contributed by atoms with E-state index in [2.05, 4.69) is 15.5 Å². The lowest BCUT2D eigenvalue weighted by Crippen LogP contribution is -1.95. The molecular formula is C8H7ClN4. The van der Waals surface area contributed by atoms with Crippen molar-refractivity contribution in [1.29, 1.82) is 0 Å². The first kappa shape index (κ1) is 8.19. The molecule has 1 heterocycles. The Hall–Kier alpha value is -1.42. The number of nitrogens with zero attached hydrogens (tertiary/aromatic N) is 4. The first-order chi connectivity index (χ1) is 6.27. The van der Waals surface area contributed by atoms with E-state index >= 15 is 0 Å². The van der Waals surface area contributed by atoms with Crippen LogP contribution >= 0.6 is 11.6 Å². The van der Waals surface area contributed by atoms with Crippen LogP contribution in [0.25, 0.3) is 5.69 Å². The maximum atomic E-state index is 5.88. The highest BCUT2D eigenvalue weighted by atomic mass is 35.5. The largest absolute Gasteiger partial charge is 0.201 e. The highest BCUT2D eigenvalue weighted by Gasteiger charge is 2.00. The quantitative estimate of drug-likeness (QED) is 0.693. The van der Waals surface area contributed by atoms with E-state index in [1.54, 1.807) is 11.0 Å². The average Bonchev–Trinajstić information content (AvgIpc) is 2.62. The van der Waals surface area contributed by atoms with Crippen LogP contribution in [0, 0.1) is 6.92 Å². The Morgan fingerprint density at radius 1 is 1.38 bits per heavy atom. The minimum Gasteiger partial charge on any atom is -0.201 e. The van der Waals surface area contributed by atoms with Crippen molar-refractivity contribution in [2.45, 2.75) is 6.92 Å². The van der Waals surface area contributed by atoms with Crippen molar-refractivity contribution in [3.05, 3.63) is 35.1 Å². The fraction of sp³-hybridized carbons (Fsp3) is 0.125. The molecule has 0 N–H and O–H groups in total. The fourth-order valence-electron chi connectivity index (χ4n) is 1.05. The van der Waals surface area contributed by atoms with Gasteiger partial charge in [0.05, 0.1) is 5.69 Å². The Morgan fingerprint density at radius 2 is 2.23 bits per heavy atom. The van der Waals surface area contributed by atoms with Gasteiger partial charge in [-0.15, -0.1) is 5.10 Å². The predicted molar refractivity (Wildman–Crippen MR) is 48.9 cm³/mol. The second-order valence-corrected chi connectivity index (χ2v) is 3.10. The number of rotatable bonds is 1. The Kier molecular flexibility index (Phi) is 1.98. The van der Waals surface area contributed by atoms with Gasteiger partial charge >= 0.3 is 0 Å². The van der Waals surface area contributed by atoms with Crippen LogP contribution in [0.4, 0.5) is 0 Å².